The molecule has 0 aromatic heterocycles. The SMILES string of the molecule is CN1CC(C(=O)O)C[C@H](CCB(O)O)C1. The fourth-order valence-corrected chi connectivity index (χ4v) is 2.22. The van der Waals surface area contributed by atoms with Crippen molar-refractivity contribution >= 4 is 13.1 Å². The van der Waals surface area contributed by atoms with E-state index < -0.39 is 13.1 Å². The lowest BCUT2D eigenvalue weighted by molar-refractivity contribution is -0.144. The standard InChI is InChI=1S/C9H18BNO4/c1-11-5-7(2-3-10(14)15)4-8(6-11)9(12)13/h7-8,14-15H,2-6H2,1H3,(H,12,13)/t7-,8?/m0/s1. The largest absolute Gasteiger partial charge is 0.481 e. The number of rotatable bonds is 4. The number of carboxylic acids is 1. The van der Waals surface area contributed by atoms with E-state index in [2.05, 4.69) is 0 Å². The van der Waals surface area contributed by atoms with Gasteiger partial charge in [0.05, 0.1) is 5.92 Å². The third kappa shape index (κ3) is 4.19. The summed E-state index contributed by atoms with van der Waals surface area (Å²) in [4.78, 5) is 12.9. The summed E-state index contributed by atoms with van der Waals surface area (Å²) in [5, 5.41) is 26.4. The Kier molecular flexibility index (Phi) is 4.57. The number of aliphatic carboxylic acids is 1. The van der Waals surface area contributed by atoms with Crippen molar-refractivity contribution in [3.8, 4) is 0 Å². The van der Waals surface area contributed by atoms with Gasteiger partial charge >= 0.3 is 13.1 Å². The zero-order valence-corrected chi connectivity index (χ0v) is 8.96. The van der Waals surface area contributed by atoms with E-state index in [1.807, 2.05) is 11.9 Å². The van der Waals surface area contributed by atoms with Crippen molar-refractivity contribution in [3.05, 3.63) is 0 Å². The fraction of sp³-hybridized carbons (Fsp3) is 0.889. The number of nitrogens with zero attached hydrogens (tertiary/aromatic N) is 1. The molecule has 0 saturated carbocycles. The molecule has 1 rings (SSSR count). The van der Waals surface area contributed by atoms with Crippen molar-refractivity contribution < 1.29 is 19.9 Å². The Morgan fingerprint density at radius 1 is 1.47 bits per heavy atom. The summed E-state index contributed by atoms with van der Waals surface area (Å²) in [5.41, 5.74) is 0. The quantitative estimate of drug-likeness (QED) is 0.551. The van der Waals surface area contributed by atoms with Gasteiger partial charge in [-0.3, -0.25) is 4.79 Å². The van der Waals surface area contributed by atoms with E-state index in [0.717, 1.165) is 6.54 Å². The van der Waals surface area contributed by atoms with Crippen LogP contribution in [0.3, 0.4) is 0 Å². The monoisotopic (exact) mass is 215 g/mol. The topological polar surface area (TPSA) is 81.0 Å². The maximum atomic E-state index is 10.9. The average Bonchev–Trinajstić information content (AvgIpc) is 2.13. The minimum atomic E-state index is -1.28. The van der Waals surface area contributed by atoms with Gasteiger partial charge in [-0.2, -0.15) is 0 Å². The van der Waals surface area contributed by atoms with Gasteiger partial charge in [-0.05, 0) is 25.7 Å². The maximum Gasteiger partial charge on any atom is 0.451 e. The molecule has 1 fully saturated rings. The van der Waals surface area contributed by atoms with Crippen LogP contribution < -0.4 is 0 Å². The first-order valence-corrected chi connectivity index (χ1v) is 5.26. The van der Waals surface area contributed by atoms with Crippen LogP contribution >= 0.6 is 0 Å². The summed E-state index contributed by atoms with van der Waals surface area (Å²) >= 11 is 0. The van der Waals surface area contributed by atoms with Crippen LogP contribution in [0.15, 0.2) is 0 Å². The zero-order chi connectivity index (χ0) is 11.4. The molecule has 1 saturated heterocycles. The van der Waals surface area contributed by atoms with Crippen molar-refractivity contribution in [1.29, 1.82) is 0 Å². The fourth-order valence-electron chi connectivity index (χ4n) is 2.22. The second kappa shape index (κ2) is 5.49. The van der Waals surface area contributed by atoms with Crippen LogP contribution in [0.4, 0.5) is 0 Å². The van der Waals surface area contributed by atoms with E-state index in [9.17, 15) is 4.79 Å². The van der Waals surface area contributed by atoms with Crippen LogP contribution in [0.5, 0.6) is 0 Å². The summed E-state index contributed by atoms with van der Waals surface area (Å²) in [6.07, 6.45) is 1.64. The van der Waals surface area contributed by atoms with Gasteiger partial charge in [0.15, 0.2) is 0 Å². The van der Waals surface area contributed by atoms with Gasteiger partial charge in [-0.25, -0.2) is 0 Å². The lowest BCUT2D eigenvalue weighted by Gasteiger charge is -2.33. The second-order valence-corrected chi connectivity index (χ2v) is 4.42. The molecule has 1 aliphatic rings. The molecule has 1 heterocycles. The van der Waals surface area contributed by atoms with E-state index in [0.29, 0.717) is 25.7 Å². The molecule has 3 N–H and O–H groups in total. The number of carbonyl (C=O) groups is 1. The lowest BCUT2D eigenvalue weighted by atomic mass is 9.77. The Labute approximate surface area is 89.8 Å². The van der Waals surface area contributed by atoms with Crippen LogP contribution in [-0.2, 0) is 4.79 Å². The number of carboxylic acid groups (broad SMARTS) is 1. The van der Waals surface area contributed by atoms with Gasteiger partial charge in [0.25, 0.3) is 0 Å². The van der Waals surface area contributed by atoms with Crippen molar-refractivity contribution in [1.82, 2.24) is 4.90 Å². The van der Waals surface area contributed by atoms with Crippen molar-refractivity contribution in [2.24, 2.45) is 11.8 Å². The van der Waals surface area contributed by atoms with Crippen LogP contribution in [-0.4, -0.2) is 53.3 Å². The second-order valence-electron chi connectivity index (χ2n) is 4.42. The number of hydrogen-bond acceptors (Lipinski definition) is 4. The molecule has 0 aliphatic carbocycles. The van der Waals surface area contributed by atoms with Crippen molar-refractivity contribution in [2.45, 2.75) is 19.2 Å². The minimum Gasteiger partial charge on any atom is -0.481 e. The Morgan fingerprint density at radius 2 is 2.13 bits per heavy atom. The average molecular weight is 215 g/mol. The molecule has 86 valence electrons. The Bertz CT molecular complexity index is 224. The molecule has 5 nitrogen and oxygen atoms in total. The molecule has 0 aromatic carbocycles. The van der Waals surface area contributed by atoms with Crippen LogP contribution in [0.25, 0.3) is 0 Å². The first-order valence-electron chi connectivity index (χ1n) is 5.26. The highest BCUT2D eigenvalue weighted by molar-refractivity contribution is 6.40. The predicted octanol–water partition coefficient (Wildman–Crippen LogP) is -0.498. The zero-order valence-electron chi connectivity index (χ0n) is 8.96. The van der Waals surface area contributed by atoms with Gasteiger partial charge < -0.3 is 20.1 Å². The number of likely N-dealkylation sites (tertiary alicyclic amines) is 1. The summed E-state index contributed by atoms with van der Waals surface area (Å²) in [6.45, 7) is 1.43. The number of hydrogen-bond donors (Lipinski definition) is 3. The molecule has 6 heteroatoms. The van der Waals surface area contributed by atoms with Gasteiger partial charge in [0, 0.05) is 13.1 Å². The lowest BCUT2D eigenvalue weighted by Crippen LogP contribution is -2.41. The summed E-state index contributed by atoms with van der Waals surface area (Å²) in [5.74, 6) is -0.813. The predicted molar refractivity (Wildman–Crippen MR) is 56.3 cm³/mol. The van der Waals surface area contributed by atoms with Gasteiger partial charge in [-0.15, -0.1) is 0 Å². The van der Waals surface area contributed by atoms with E-state index >= 15 is 0 Å². The molecule has 15 heavy (non-hydrogen) atoms. The Morgan fingerprint density at radius 3 is 2.67 bits per heavy atom. The third-order valence-electron chi connectivity index (χ3n) is 2.90. The number of piperidine rings is 1. The Hall–Kier alpha value is -0.585. The van der Waals surface area contributed by atoms with Crippen LogP contribution in [0.1, 0.15) is 12.8 Å². The van der Waals surface area contributed by atoms with Gasteiger partial charge in [0.1, 0.15) is 0 Å². The highest BCUT2D eigenvalue weighted by Crippen LogP contribution is 2.25. The molecule has 0 radical (unpaired) electrons. The molecular weight excluding hydrogens is 197 g/mol. The molecule has 2 atom stereocenters. The van der Waals surface area contributed by atoms with Crippen molar-refractivity contribution in [2.75, 3.05) is 20.1 Å². The van der Waals surface area contributed by atoms with Gasteiger partial charge in [0.2, 0.25) is 0 Å². The van der Waals surface area contributed by atoms with Crippen molar-refractivity contribution in [3.63, 3.8) is 0 Å². The van der Waals surface area contributed by atoms with E-state index in [-0.39, 0.29) is 11.8 Å². The molecule has 1 aliphatic heterocycles. The highest BCUT2D eigenvalue weighted by atomic mass is 16.4. The Balaban J connectivity index is 2.41. The van der Waals surface area contributed by atoms with E-state index in [4.69, 9.17) is 15.2 Å². The molecule has 0 amide bonds. The normalized spacial score (nSPS) is 27.7. The van der Waals surface area contributed by atoms with Gasteiger partial charge in [-0.1, -0.05) is 6.42 Å². The third-order valence-corrected chi connectivity index (χ3v) is 2.90. The van der Waals surface area contributed by atoms with Crippen LogP contribution in [0.2, 0.25) is 6.32 Å². The summed E-state index contributed by atoms with van der Waals surface area (Å²) < 4.78 is 0. The van der Waals surface area contributed by atoms with E-state index in [1.165, 1.54) is 0 Å². The molecular formula is C9H18BNO4. The van der Waals surface area contributed by atoms with E-state index in [1.54, 1.807) is 0 Å². The summed E-state index contributed by atoms with van der Waals surface area (Å²) in [6, 6.07) is 0. The maximum absolute atomic E-state index is 10.9. The molecule has 0 spiro atoms. The first-order chi connectivity index (χ1) is 6.99. The van der Waals surface area contributed by atoms with Crippen LogP contribution in [0, 0.1) is 11.8 Å². The summed E-state index contributed by atoms with van der Waals surface area (Å²) in [7, 11) is 0.623. The first kappa shape index (κ1) is 12.5. The molecule has 1 unspecified atom stereocenters. The molecule has 0 aromatic rings. The molecule has 0 bridgehead atoms. The smallest absolute Gasteiger partial charge is 0.451 e. The minimum absolute atomic E-state index is 0.256. The highest BCUT2D eigenvalue weighted by Gasteiger charge is 2.30.